The average Bonchev–Trinajstić information content (AvgIpc) is 3.55. The molecule has 212 valence electrons. The van der Waals surface area contributed by atoms with Crippen LogP contribution in [0.5, 0.6) is 0 Å². The number of nitrogens with zero attached hydrogens (tertiary/aromatic N) is 2. The lowest BCUT2D eigenvalue weighted by Crippen LogP contribution is -2.58. The third-order valence-electron chi connectivity index (χ3n) is 6.07. The number of alkyl carbamates (subject to hydrolysis) is 1. The van der Waals surface area contributed by atoms with E-state index in [1.165, 1.54) is 25.4 Å². The number of ether oxygens (including phenoxy) is 2. The van der Waals surface area contributed by atoms with E-state index in [1.54, 1.807) is 31.1 Å². The van der Waals surface area contributed by atoms with Gasteiger partial charge in [0, 0.05) is 18.3 Å². The highest BCUT2D eigenvalue weighted by molar-refractivity contribution is 7.09. The number of benzene rings is 1. The quantitative estimate of drug-likeness (QED) is 0.397. The molecule has 1 saturated heterocycles. The van der Waals surface area contributed by atoms with Gasteiger partial charge in [0.05, 0.1) is 19.3 Å². The van der Waals surface area contributed by atoms with Gasteiger partial charge in [0.25, 0.3) is 0 Å². The number of amides is 3. The van der Waals surface area contributed by atoms with Gasteiger partial charge in [-0.3, -0.25) is 9.59 Å². The van der Waals surface area contributed by atoms with Gasteiger partial charge in [0.15, 0.2) is 5.69 Å². The van der Waals surface area contributed by atoms with Gasteiger partial charge in [-0.15, -0.1) is 11.3 Å². The van der Waals surface area contributed by atoms with Crippen molar-refractivity contribution in [3.05, 3.63) is 52.0 Å². The van der Waals surface area contributed by atoms with Crippen molar-refractivity contribution >= 4 is 35.2 Å². The summed E-state index contributed by atoms with van der Waals surface area (Å²) < 4.78 is 9.98. The van der Waals surface area contributed by atoms with Crippen LogP contribution in [0.25, 0.3) is 0 Å². The van der Waals surface area contributed by atoms with Gasteiger partial charge in [-0.1, -0.05) is 30.3 Å². The molecule has 0 spiro atoms. The molecule has 3 N–H and O–H groups in total. The molecule has 12 heteroatoms. The maximum absolute atomic E-state index is 13.9. The van der Waals surface area contributed by atoms with Crippen molar-refractivity contribution in [2.24, 2.45) is 0 Å². The van der Waals surface area contributed by atoms with E-state index in [1.807, 2.05) is 30.3 Å². The number of rotatable bonds is 9. The van der Waals surface area contributed by atoms with Gasteiger partial charge >= 0.3 is 12.1 Å². The number of carbonyl (C=O) groups is 4. The summed E-state index contributed by atoms with van der Waals surface area (Å²) in [4.78, 5) is 57.5. The maximum Gasteiger partial charge on any atom is 0.408 e. The number of aliphatic hydroxyl groups is 1. The van der Waals surface area contributed by atoms with Gasteiger partial charge in [-0.05, 0) is 46.1 Å². The summed E-state index contributed by atoms with van der Waals surface area (Å²) in [5.74, 6) is -1.60. The number of hydrogen-bond acceptors (Lipinski definition) is 9. The first-order chi connectivity index (χ1) is 18.4. The smallest absolute Gasteiger partial charge is 0.408 e. The van der Waals surface area contributed by atoms with Gasteiger partial charge < -0.3 is 30.1 Å². The summed E-state index contributed by atoms with van der Waals surface area (Å²) in [5, 5.41) is 17.6. The summed E-state index contributed by atoms with van der Waals surface area (Å²) in [7, 11) is 1.28. The number of hydrogen-bond donors (Lipinski definition) is 3. The van der Waals surface area contributed by atoms with Gasteiger partial charge in [0.1, 0.15) is 22.7 Å². The minimum Gasteiger partial charge on any atom is -0.464 e. The molecular weight excluding hydrogens is 524 g/mol. The van der Waals surface area contributed by atoms with Crippen LogP contribution in [0, 0.1) is 0 Å². The van der Waals surface area contributed by atoms with Gasteiger partial charge in [0.2, 0.25) is 11.8 Å². The van der Waals surface area contributed by atoms with Crippen LogP contribution in [-0.4, -0.2) is 76.3 Å². The Balaban J connectivity index is 1.83. The Labute approximate surface area is 231 Å². The second kappa shape index (κ2) is 13.0. The van der Waals surface area contributed by atoms with Crippen LogP contribution in [0.1, 0.15) is 67.6 Å². The van der Waals surface area contributed by atoms with Crippen LogP contribution < -0.4 is 10.6 Å². The van der Waals surface area contributed by atoms with E-state index in [9.17, 15) is 24.3 Å². The van der Waals surface area contributed by atoms with Crippen LogP contribution in [0.15, 0.2) is 35.7 Å². The highest BCUT2D eigenvalue weighted by Crippen LogP contribution is 2.34. The highest BCUT2D eigenvalue weighted by Gasteiger charge is 2.38. The van der Waals surface area contributed by atoms with Crippen molar-refractivity contribution in [1.29, 1.82) is 0 Å². The number of likely N-dealkylation sites (tertiary alicyclic amines) is 1. The first kappa shape index (κ1) is 30.0. The summed E-state index contributed by atoms with van der Waals surface area (Å²) in [5.41, 5.74) is 0.200. The number of aromatic nitrogens is 1. The van der Waals surface area contributed by atoms with E-state index in [4.69, 9.17) is 9.47 Å². The molecule has 2 heterocycles. The number of methoxy groups -OCH3 is 1. The molecule has 39 heavy (non-hydrogen) atoms. The molecule has 3 amide bonds. The van der Waals surface area contributed by atoms with E-state index in [0.717, 1.165) is 12.0 Å². The minimum absolute atomic E-state index is 0.180. The number of nitrogens with one attached hydrogen (secondary N) is 2. The Morgan fingerprint density at radius 3 is 2.49 bits per heavy atom. The molecule has 0 bridgehead atoms. The molecular formula is C27H36N4O7S. The Morgan fingerprint density at radius 2 is 1.87 bits per heavy atom. The fourth-order valence-electron chi connectivity index (χ4n) is 4.28. The lowest BCUT2D eigenvalue weighted by molar-refractivity contribution is -0.138. The lowest BCUT2D eigenvalue weighted by Gasteiger charge is -2.30. The zero-order valence-corrected chi connectivity index (χ0v) is 23.6. The Hall–Kier alpha value is -3.51. The van der Waals surface area contributed by atoms with Crippen LogP contribution in [-0.2, 0) is 25.5 Å². The van der Waals surface area contributed by atoms with Crippen molar-refractivity contribution in [1.82, 2.24) is 20.5 Å². The molecule has 4 atom stereocenters. The van der Waals surface area contributed by atoms with Gasteiger partial charge in [-0.25, -0.2) is 14.6 Å². The lowest BCUT2D eigenvalue weighted by atomic mass is 10.0. The summed E-state index contributed by atoms with van der Waals surface area (Å²) in [6.07, 6.45) is -0.538. The molecule has 2 aromatic rings. The van der Waals surface area contributed by atoms with E-state index in [-0.39, 0.29) is 24.1 Å². The van der Waals surface area contributed by atoms with Crippen molar-refractivity contribution in [2.75, 3.05) is 13.7 Å². The van der Waals surface area contributed by atoms with E-state index in [2.05, 4.69) is 15.6 Å². The topological polar surface area (TPSA) is 147 Å². The normalized spacial score (nSPS) is 17.6. The van der Waals surface area contributed by atoms with Crippen molar-refractivity contribution in [3.63, 3.8) is 0 Å². The molecule has 0 radical (unpaired) electrons. The zero-order chi connectivity index (χ0) is 28.7. The standard InChI is InChI=1S/C27H36N4O7S/c1-16(32)21(30-26(36)38-27(2,3)4)22(33)28-18(14-17-10-7-6-8-11-17)24(34)31-13-9-12-20(31)23-29-19(15-39-23)25(35)37-5/h6-8,10-11,15-16,18,20-21,32H,9,12-14H2,1-5H3,(H,28,33)(H,30,36)/t16-,18-,20-,21-/m0/s1. The summed E-state index contributed by atoms with van der Waals surface area (Å²) in [6, 6.07) is 6.54. The minimum atomic E-state index is -1.35. The molecule has 1 aliphatic heterocycles. The van der Waals surface area contributed by atoms with Crippen molar-refractivity contribution in [2.45, 2.75) is 76.8 Å². The van der Waals surface area contributed by atoms with Crippen LogP contribution in [0.2, 0.25) is 0 Å². The maximum atomic E-state index is 13.9. The fourth-order valence-corrected chi connectivity index (χ4v) is 5.21. The summed E-state index contributed by atoms with van der Waals surface area (Å²) in [6.45, 7) is 6.87. The molecule has 0 aliphatic carbocycles. The Morgan fingerprint density at radius 1 is 1.18 bits per heavy atom. The Bertz CT molecular complexity index is 1160. The summed E-state index contributed by atoms with van der Waals surface area (Å²) >= 11 is 1.27. The number of carbonyl (C=O) groups excluding carboxylic acids is 4. The second-order valence-corrected chi connectivity index (χ2v) is 11.3. The average molecular weight is 561 g/mol. The van der Waals surface area contributed by atoms with Gasteiger partial charge in [-0.2, -0.15) is 0 Å². The van der Waals surface area contributed by atoms with Crippen molar-refractivity contribution < 1.29 is 33.8 Å². The molecule has 0 unspecified atom stereocenters. The van der Waals surface area contributed by atoms with Crippen molar-refractivity contribution in [3.8, 4) is 0 Å². The molecule has 1 aliphatic rings. The van der Waals surface area contributed by atoms with Crippen LogP contribution in [0.3, 0.4) is 0 Å². The van der Waals surface area contributed by atoms with E-state index < -0.39 is 41.8 Å². The van der Waals surface area contributed by atoms with E-state index >= 15 is 0 Å². The monoisotopic (exact) mass is 560 g/mol. The molecule has 1 aromatic carbocycles. The predicted octanol–water partition coefficient (Wildman–Crippen LogP) is 2.59. The zero-order valence-electron chi connectivity index (χ0n) is 22.8. The molecule has 1 aromatic heterocycles. The molecule has 1 fully saturated rings. The third kappa shape index (κ3) is 8.24. The van der Waals surface area contributed by atoms with E-state index in [0.29, 0.717) is 18.0 Å². The predicted molar refractivity (Wildman–Crippen MR) is 144 cm³/mol. The molecule has 3 rings (SSSR count). The number of aliphatic hydroxyl groups excluding tert-OH is 1. The SMILES string of the molecule is COC(=O)c1csc([C@@H]2CCCN2C(=O)[C@H](Cc2ccccc2)NC(=O)[C@@H](NC(=O)OC(C)(C)C)[C@H](C)O)n1. The molecule has 11 nitrogen and oxygen atoms in total. The van der Waals surface area contributed by atoms with Crippen LogP contribution >= 0.6 is 11.3 Å². The number of esters is 1. The first-order valence-electron chi connectivity index (χ1n) is 12.8. The van der Waals surface area contributed by atoms with Crippen LogP contribution in [0.4, 0.5) is 4.79 Å². The Kier molecular flexibility index (Phi) is 10.0. The molecule has 0 saturated carbocycles. The fraction of sp³-hybridized carbons (Fsp3) is 0.519. The third-order valence-corrected chi connectivity index (χ3v) is 7.02. The highest BCUT2D eigenvalue weighted by atomic mass is 32.1. The largest absolute Gasteiger partial charge is 0.464 e. The first-order valence-corrected chi connectivity index (χ1v) is 13.6. The second-order valence-electron chi connectivity index (χ2n) is 10.4. The number of thiazole rings is 1.